The number of H-pyrrole nitrogens is 1. The largest absolute Gasteiger partial charge is 0.394 e. The Morgan fingerprint density at radius 1 is 1.73 bits per heavy atom. The maximum atomic E-state index is 13.5. The number of alkyl halides is 1. The van der Waals surface area contributed by atoms with E-state index in [-0.39, 0.29) is 0 Å². The van der Waals surface area contributed by atoms with Crippen LogP contribution in [-0.2, 0) is 4.74 Å². The van der Waals surface area contributed by atoms with Crippen molar-refractivity contribution in [2.75, 3.05) is 6.61 Å². The van der Waals surface area contributed by atoms with E-state index in [1.54, 1.807) is 0 Å². The average molecular weight is 219 g/mol. The van der Waals surface area contributed by atoms with Gasteiger partial charge in [-0.1, -0.05) is 0 Å². The van der Waals surface area contributed by atoms with E-state index in [0.717, 1.165) is 10.9 Å². The topological polar surface area (TPSA) is 100 Å². The third-order valence-electron chi connectivity index (χ3n) is 2.32. The molecule has 7 nitrogen and oxygen atoms in total. The maximum Gasteiger partial charge on any atom is 0.345 e. The monoisotopic (exact) mass is 219 g/mol. The molecule has 84 valence electrons. The van der Waals surface area contributed by atoms with Crippen molar-refractivity contribution in [2.24, 2.45) is 0 Å². The molecule has 1 aromatic heterocycles. The number of aliphatic hydroxyl groups excluding tert-OH is 2. The molecule has 1 aliphatic rings. The molecule has 2 heterocycles. The Hall–Kier alpha value is -1.25. The Morgan fingerprint density at radius 2 is 2.47 bits per heavy atom. The average Bonchev–Trinajstić information content (AvgIpc) is 2.74. The van der Waals surface area contributed by atoms with Crippen LogP contribution in [0, 0.1) is 0 Å². The summed E-state index contributed by atoms with van der Waals surface area (Å²) in [5, 5.41) is 23.6. The summed E-state index contributed by atoms with van der Waals surface area (Å²) in [7, 11) is 0. The second kappa shape index (κ2) is 3.72. The van der Waals surface area contributed by atoms with Crippen LogP contribution >= 0.6 is 0 Å². The molecule has 2 rings (SSSR count). The van der Waals surface area contributed by atoms with Gasteiger partial charge in [0.1, 0.15) is 18.5 Å². The fourth-order valence-corrected chi connectivity index (χ4v) is 1.52. The highest BCUT2D eigenvalue weighted by atomic mass is 19.1. The van der Waals surface area contributed by atoms with E-state index in [1.165, 1.54) is 0 Å². The van der Waals surface area contributed by atoms with E-state index in [1.807, 2.05) is 0 Å². The van der Waals surface area contributed by atoms with Crippen molar-refractivity contribution >= 4 is 0 Å². The lowest BCUT2D eigenvalue weighted by Gasteiger charge is -2.11. The first kappa shape index (κ1) is 10.3. The molecule has 0 spiro atoms. The molecule has 1 fully saturated rings. The minimum absolute atomic E-state index is 0.509. The summed E-state index contributed by atoms with van der Waals surface area (Å²) in [6, 6.07) is 0. The van der Waals surface area contributed by atoms with Gasteiger partial charge < -0.3 is 14.9 Å². The van der Waals surface area contributed by atoms with Crippen LogP contribution in [0.15, 0.2) is 11.1 Å². The molecule has 1 aliphatic heterocycles. The molecule has 15 heavy (non-hydrogen) atoms. The molecule has 0 amide bonds. The zero-order chi connectivity index (χ0) is 11.0. The molecule has 0 aromatic carbocycles. The van der Waals surface area contributed by atoms with Crippen LogP contribution in [0.1, 0.15) is 6.23 Å². The SMILES string of the molecule is O=c1[nH]ncn1[C@@H]1O[C@H](CO)[C@@H](O)[C@@H]1F. The molecule has 0 radical (unpaired) electrons. The Kier molecular flexibility index (Phi) is 2.55. The lowest BCUT2D eigenvalue weighted by Crippen LogP contribution is -2.31. The van der Waals surface area contributed by atoms with E-state index in [0.29, 0.717) is 0 Å². The summed E-state index contributed by atoms with van der Waals surface area (Å²) in [5.41, 5.74) is -0.631. The number of halogens is 1. The summed E-state index contributed by atoms with van der Waals surface area (Å²) in [5.74, 6) is 0. The number of ether oxygens (including phenoxy) is 1. The van der Waals surface area contributed by atoms with Crippen LogP contribution in [-0.4, -0.2) is 50.0 Å². The van der Waals surface area contributed by atoms with E-state index in [2.05, 4.69) is 10.2 Å². The Morgan fingerprint density at radius 3 is 2.93 bits per heavy atom. The second-order valence-corrected chi connectivity index (χ2v) is 3.25. The molecule has 0 unspecified atom stereocenters. The van der Waals surface area contributed by atoms with Gasteiger partial charge in [-0.25, -0.2) is 14.3 Å². The fraction of sp³-hybridized carbons (Fsp3) is 0.714. The van der Waals surface area contributed by atoms with Crippen molar-refractivity contribution in [3.8, 4) is 0 Å². The summed E-state index contributed by atoms with van der Waals surface area (Å²) in [4.78, 5) is 11.1. The lowest BCUT2D eigenvalue weighted by atomic mass is 10.1. The molecular formula is C7H10FN3O4. The first-order valence-electron chi connectivity index (χ1n) is 4.35. The van der Waals surface area contributed by atoms with Gasteiger partial charge in [0.25, 0.3) is 0 Å². The summed E-state index contributed by atoms with van der Waals surface area (Å²) < 4.78 is 19.4. The third-order valence-corrected chi connectivity index (χ3v) is 2.32. The third kappa shape index (κ3) is 1.56. The number of hydrogen-bond acceptors (Lipinski definition) is 5. The fourth-order valence-electron chi connectivity index (χ4n) is 1.52. The van der Waals surface area contributed by atoms with Gasteiger partial charge in [-0.05, 0) is 0 Å². The standard InChI is InChI=1S/C7H10FN3O4/c8-4-5(13)3(1-12)15-6(4)11-2-9-10-7(11)14/h2-6,12-13H,1H2,(H,10,14)/t3-,4+,5-,6-/m1/s1. The number of rotatable bonds is 2. The predicted molar refractivity (Wildman–Crippen MR) is 44.7 cm³/mol. The second-order valence-electron chi connectivity index (χ2n) is 3.25. The van der Waals surface area contributed by atoms with Crippen molar-refractivity contribution < 1.29 is 19.3 Å². The van der Waals surface area contributed by atoms with Crippen LogP contribution in [0.2, 0.25) is 0 Å². The van der Waals surface area contributed by atoms with Gasteiger partial charge in [-0.15, -0.1) is 0 Å². The van der Waals surface area contributed by atoms with Crippen LogP contribution in [0.4, 0.5) is 4.39 Å². The van der Waals surface area contributed by atoms with E-state index < -0.39 is 36.9 Å². The number of aliphatic hydroxyl groups is 2. The normalized spacial score (nSPS) is 35.9. The number of aromatic nitrogens is 3. The zero-order valence-electron chi connectivity index (χ0n) is 7.58. The molecule has 3 N–H and O–H groups in total. The van der Waals surface area contributed by atoms with Gasteiger partial charge in [-0.3, -0.25) is 4.57 Å². The first-order valence-corrected chi connectivity index (χ1v) is 4.35. The van der Waals surface area contributed by atoms with E-state index >= 15 is 0 Å². The zero-order valence-corrected chi connectivity index (χ0v) is 7.58. The molecule has 0 bridgehead atoms. The molecule has 0 saturated carbocycles. The van der Waals surface area contributed by atoms with E-state index in [4.69, 9.17) is 9.84 Å². The van der Waals surface area contributed by atoms with Crippen LogP contribution < -0.4 is 5.69 Å². The van der Waals surface area contributed by atoms with Gasteiger partial charge in [0, 0.05) is 0 Å². The minimum Gasteiger partial charge on any atom is -0.394 e. The Balaban J connectivity index is 2.26. The minimum atomic E-state index is -1.77. The summed E-state index contributed by atoms with van der Waals surface area (Å²) in [6.07, 6.45) is -4.40. The number of aromatic amines is 1. The van der Waals surface area contributed by atoms with Crippen LogP contribution in [0.3, 0.4) is 0 Å². The molecular weight excluding hydrogens is 209 g/mol. The maximum absolute atomic E-state index is 13.5. The molecule has 8 heteroatoms. The van der Waals surface area contributed by atoms with Gasteiger partial charge in [0.05, 0.1) is 6.61 Å². The molecule has 4 atom stereocenters. The smallest absolute Gasteiger partial charge is 0.345 e. The van der Waals surface area contributed by atoms with Gasteiger partial charge in [0.15, 0.2) is 12.4 Å². The Labute approximate surface area is 83.1 Å². The number of nitrogens with zero attached hydrogens (tertiary/aromatic N) is 2. The van der Waals surface area contributed by atoms with E-state index in [9.17, 15) is 14.3 Å². The molecule has 0 aliphatic carbocycles. The van der Waals surface area contributed by atoms with Crippen molar-refractivity contribution in [2.45, 2.75) is 24.6 Å². The van der Waals surface area contributed by atoms with Crippen molar-refractivity contribution in [3.63, 3.8) is 0 Å². The van der Waals surface area contributed by atoms with Crippen molar-refractivity contribution in [1.29, 1.82) is 0 Å². The van der Waals surface area contributed by atoms with Crippen LogP contribution in [0.5, 0.6) is 0 Å². The first-order chi connectivity index (χ1) is 7.15. The summed E-state index contributed by atoms with van der Waals surface area (Å²) >= 11 is 0. The van der Waals surface area contributed by atoms with Crippen molar-refractivity contribution in [1.82, 2.24) is 14.8 Å². The predicted octanol–water partition coefficient (Wildman–Crippen LogP) is -1.84. The molecule has 1 saturated heterocycles. The Bertz CT molecular complexity index is 392. The highest BCUT2D eigenvalue weighted by Gasteiger charge is 2.45. The number of hydrogen-bond donors (Lipinski definition) is 3. The molecule has 1 aromatic rings. The van der Waals surface area contributed by atoms with Gasteiger partial charge >= 0.3 is 5.69 Å². The summed E-state index contributed by atoms with van der Waals surface area (Å²) in [6.45, 7) is -0.509. The lowest BCUT2D eigenvalue weighted by molar-refractivity contribution is -0.0486. The number of nitrogens with one attached hydrogen (secondary N) is 1. The van der Waals surface area contributed by atoms with Gasteiger partial charge in [-0.2, -0.15) is 5.10 Å². The highest BCUT2D eigenvalue weighted by Crippen LogP contribution is 2.30. The quantitative estimate of drug-likeness (QED) is 0.542. The van der Waals surface area contributed by atoms with Crippen LogP contribution in [0.25, 0.3) is 0 Å². The van der Waals surface area contributed by atoms with Crippen molar-refractivity contribution in [3.05, 3.63) is 16.8 Å². The van der Waals surface area contributed by atoms with Gasteiger partial charge in [0.2, 0.25) is 0 Å². The highest BCUT2D eigenvalue weighted by molar-refractivity contribution is 4.89.